The normalized spacial score (nSPS) is 10.8. The molecule has 74 valence electrons. The molecule has 0 N–H and O–H groups in total. The molecule has 0 spiro atoms. The lowest BCUT2D eigenvalue weighted by molar-refractivity contribution is 0.130. The summed E-state index contributed by atoms with van der Waals surface area (Å²) in [5.74, 6) is 0.517. The van der Waals surface area contributed by atoms with Crippen molar-refractivity contribution in [3.8, 4) is 11.8 Å². The van der Waals surface area contributed by atoms with Gasteiger partial charge >= 0.3 is 0 Å². The van der Waals surface area contributed by atoms with Crippen molar-refractivity contribution in [2.45, 2.75) is 26.4 Å². The Morgan fingerprint density at radius 3 is 2.57 bits per heavy atom. The summed E-state index contributed by atoms with van der Waals surface area (Å²) in [4.78, 5) is 4.01. The van der Waals surface area contributed by atoms with Crippen molar-refractivity contribution in [2.75, 3.05) is 0 Å². The van der Waals surface area contributed by atoms with E-state index in [0.717, 1.165) is 0 Å². The number of pyridine rings is 1. The van der Waals surface area contributed by atoms with E-state index < -0.39 is 0 Å². The van der Waals surface area contributed by atoms with E-state index in [9.17, 15) is 0 Å². The zero-order valence-corrected chi connectivity index (χ0v) is 9.92. The molecule has 0 aliphatic carbocycles. The summed E-state index contributed by atoms with van der Waals surface area (Å²) in [5, 5.41) is 8.83. The second kappa shape index (κ2) is 3.97. The zero-order valence-electron chi connectivity index (χ0n) is 8.34. The summed E-state index contributed by atoms with van der Waals surface area (Å²) in [6.07, 6.45) is 0. The highest BCUT2D eigenvalue weighted by Crippen LogP contribution is 2.22. The molecule has 0 atom stereocenters. The van der Waals surface area contributed by atoms with E-state index in [1.54, 1.807) is 12.1 Å². The third kappa shape index (κ3) is 3.00. The van der Waals surface area contributed by atoms with Crippen LogP contribution in [0.15, 0.2) is 16.7 Å². The van der Waals surface area contributed by atoms with Crippen molar-refractivity contribution in [3.63, 3.8) is 0 Å². The average Bonchev–Trinajstić information content (AvgIpc) is 2.06. The number of rotatable bonds is 1. The van der Waals surface area contributed by atoms with Gasteiger partial charge in [-0.15, -0.1) is 0 Å². The fourth-order valence-corrected chi connectivity index (χ4v) is 1.22. The van der Waals surface area contributed by atoms with Gasteiger partial charge in [0.1, 0.15) is 16.3 Å². The summed E-state index contributed by atoms with van der Waals surface area (Å²) in [6, 6.07) is 5.48. The number of halogens is 1. The number of nitrogens with zero attached hydrogens (tertiary/aromatic N) is 2. The molecule has 0 aliphatic heterocycles. The number of aromatic nitrogens is 1. The smallest absolute Gasteiger partial charge is 0.183 e. The summed E-state index contributed by atoms with van der Waals surface area (Å²) in [5.41, 5.74) is -0.0181. The van der Waals surface area contributed by atoms with Gasteiger partial charge < -0.3 is 4.74 Å². The third-order valence-electron chi connectivity index (χ3n) is 1.35. The van der Waals surface area contributed by atoms with Crippen LogP contribution in [-0.4, -0.2) is 10.6 Å². The molecule has 0 amide bonds. The second-order valence-corrected chi connectivity index (χ2v) is 4.62. The van der Waals surface area contributed by atoms with E-state index in [4.69, 9.17) is 10.00 Å². The number of hydrogen-bond acceptors (Lipinski definition) is 3. The molecule has 3 nitrogen and oxygen atoms in total. The monoisotopic (exact) mass is 254 g/mol. The van der Waals surface area contributed by atoms with Gasteiger partial charge in [0.2, 0.25) is 0 Å². The molecule has 1 heterocycles. The van der Waals surface area contributed by atoms with Crippen molar-refractivity contribution in [1.29, 1.82) is 5.26 Å². The molecule has 0 unspecified atom stereocenters. The van der Waals surface area contributed by atoms with Crippen LogP contribution in [0.3, 0.4) is 0 Å². The highest BCUT2D eigenvalue weighted by atomic mass is 79.9. The molecule has 0 radical (unpaired) electrons. The Morgan fingerprint density at radius 1 is 1.43 bits per heavy atom. The van der Waals surface area contributed by atoms with Crippen molar-refractivity contribution in [3.05, 3.63) is 22.4 Å². The first-order valence-electron chi connectivity index (χ1n) is 4.18. The zero-order chi connectivity index (χ0) is 10.8. The van der Waals surface area contributed by atoms with Crippen molar-refractivity contribution in [1.82, 2.24) is 4.98 Å². The standard InChI is InChI=1S/C10H11BrN2O/c1-10(2,3)14-8-4-5-9(11)13-7(8)6-12/h4-5H,1-3H3. The number of nitriles is 1. The maximum absolute atomic E-state index is 8.83. The summed E-state index contributed by atoms with van der Waals surface area (Å²) >= 11 is 3.20. The lowest BCUT2D eigenvalue weighted by Crippen LogP contribution is -2.23. The molecule has 0 bridgehead atoms. The largest absolute Gasteiger partial charge is 0.485 e. The first-order chi connectivity index (χ1) is 6.42. The van der Waals surface area contributed by atoms with Crippen LogP contribution in [0.25, 0.3) is 0 Å². The molecule has 0 fully saturated rings. The lowest BCUT2D eigenvalue weighted by atomic mass is 10.2. The van der Waals surface area contributed by atoms with Gasteiger partial charge in [0.05, 0.1) is 0 Å². The second-order valence-electron chi connectivity index (χ2n) is 3.81. The molecule has 4 heteroatoms. The Morgan fingerprint density at radius 2 is 2.07 bits per heavy atom. The van der Waals surface area contributed by atoms with Crippen LogP contribution in [0.5, 0.6) is 5.75 Å². The third-order valence-corrected chi connectivity index (χ3v) is 1.79. The minimum absolute atomic E-state index is 0.300. The lowest BCUT2D eigenvalue weighted by Gasteiger charge is -2.21. The summed E-state index contributed by atoms with van der Waals surface area (Å²) in [6.45, 7) is 5.78. The van der Waals surface area contributed by atoms with Gasteiger partial charge in [0.15, 0.2) is 11.4 Å². The Labute approximate surface area is 91.8 Å². The maximum atomic E-state index is 8.83. The van der Waals surface area contributed by atoms with E-state index >= 15 is 0 Å². The molecular formula is C10H11BrN2O. The molecule has 1 rings (SSSR count). The summed E-state index contributed by atoms with van der Waals surface area (Å²) in [7, 11) is 0. The molecular weight excluding hydrogens is 244 g/mol. The van der Waals surface area contributed by atoms with E-state index in [-0.39, 0.29) is 5.60 Å². The van der Waals surface area contributed by atoms with Crippen LogP contribution in [-0.2, 0) is 0 Å². The Kier molecular flexibility index (Phi) is 3.12. The SMILES string of the molecule is CC(C)(C)Oc1ccc(Br)nc1C#N. The maximum Gasteiger partial charge on any atom is 0.183 e. The van der Waals surface area contributed by atoms with E-state index in [2.05, 4.69) is 20.9 Å². The Hall–Kier alpha value is -1.08. The predicted octanol–water partition coefficient (Wildman–Crippen LogP) is 2.89. The quantitative estimate of drug-likeness (QED) is 0.725. The highest BCUT2D eigenvalue weighted by Gasteiger charge is 2.15. The van der Waals surface area contributed by atoms with Crippen LogP contribution in [0, 0.1) is 11.3 Å². The molecule has 1 aromatic rings. The van der Waals surface area contributed by atoms with Gasteiger partial charge in [-0.2, -0.15) is 5.26 Å². The number of ether oxygens (including phenoxy) is 1. The average molecular weight is 255 g/mol. The molecule has 0 saturated carbocycles. The van der Waals surface area contributed by atoms with Crippen LogP contribution in [0.4, 0.5) is 0 Å². The minimum Gasteiger partial charge on any atom is -0.485 e. The van der Waals surface area contributed by atoms with Crippen LogP contribution < -0.4 is 4.74 Å². The predicted molar refractivity (Wildman–Crippen MR) is 57.0 cm³/mol. The van der Waals surface area contributed by atoms with Gasteiger partial charge in [-0.3, -0.25) is 0 Å². The van der Waals surface area contributed by atoms with Crippen LogP contribution in [0.1, 0.15) is 26.5 Å². The Bertz CT molecular complexity index is 377. The van der Waals surface area contributed by atoms with Gasteiger partial charge in [-0.1, -0.05) is 0 Å². The van der Waals surface area contributed by atoms with Crippen LogP contribution >= 0.6 is 15.9 Å². The first kappa shape index (κ1) is 11.0. The molecule has 0 aromatic carbocycles. The van der Waals surface area contributed by atoms with Crippen molar-refractivity contribution in [2.24, 2.45) is 0 Å². The minimum atomic E-state index is -0.318. The molecule has 0 saturated heterocycles. The van der Waals surface area contributed by atoms with Crippen molar-refractivity contribution < 1.29 is 4.74 Å². The van der Waals surface area contributed by atoms with Gasteiger partial charge in [0.25, 0.3) is 0 Å². The van der Waals surface area contributed by atoms with Gasteiger partial charge in [-0.25, -0.2) is 4.98 Å². The fourth-order valence-electron chi connectivity index (χ4n) is 0.915. The van der Waals surface area contributed by atoms with Crippen LogP contribution in [0.2, 0.25) is 0 Å². The molecule has 14 heavy (non-hydrogen) atoms. The van der Waals surface area contributed by atoms with Gasteiger partial charge in [-0.05, 0) is 48.8 Å². The fraction of sp³-hybridized carbons (Fsp3) is 0.400. The van der Waals surface area contributed by atoms with E-state index in [1.165, 1.54) is 0 Å². The Balaban J connectivity index is 3.05. The molecule has 0 aliphatic rings. The highest BCUT2D eigenvalue weighted by molar-refractivity contribution is 9.10. The summed E-state index contributed by atoms with van der Waals surface area (Å²) < 4.78 is 6.21. The first-order valence-corrected chi connectivity index (χ1v) is 4.97. The van der Waals surface area contributed by atoms with E-state index in [0.29, 0.717) is 16.0 Å². The number of hydrogen-bond donors (Lipinski definition) is 0. The van der Waals surface area contributed by atoms with Crippen molar-refractivity contribution >= 4 is 15.9 Å². The van der Waals surface area contributed by atoms with Gasteiger partial charge in [0, 0.05) is 0 Å². The topological polar surface area (TPSA) is 45.9 Å². The van der Waals surface area contributed by atoms with E-state index in [1.807, 2.05) is 26.8 Å². The molecule has 1 aromatic heterocycles.